The van der Waals surface area contributed by atoms with Crippen molar-refractivity contribution in [2.24, 2.45) is 0 Å². The Morgan fingerprint density at radius 2 is 2.44 bits per heavy atom. The molecular weight excluding hydrogens is 226 g/mol. The van der Waals surface area contributed by atoms with E-state index in [-0.39, 0.29) is 11.9 Å². The van der Waals surface area contributed by atoms with Crippen molar-refractivity contribution in [1.29, 1.82) is 0 Å². The van der Waals surface area contributed by atoms with Crippen LogP contribution in [-0.4, -0.2) is 12.5 Å². The summed E-state index contributed by atoms with van der Waals surface area (Å²) in [6, 6.07) is 5.30. The molecule has 0 fully saturated rings. The first-order valence-electron chi connectivity index (χ1n) is 5.06. The molecule has 2 rings (SSSR count). The Kier molecular flexibility index (Phi) is 3.15. The Morgan fingerprint density at radius 1 is 1.62 bits per heavy atom. The van der Waals surface area contributed by atoms with Gasteiger partial charge in [0.2, 0.25) is 5.91 Å². The second-order valence-electron chi connectivity index (χ2n) is 3.55. The van der Waals surface area contributed by atoms with E-state index in [4.69, 9.17) is 16.3 Å². The SMILES string of the molecule is C/C=C/C(=O)NC1COc2ccc(Cl)cc21. The number of rotatable bonds is 2. The molecule has 0 bridgehead atoms. The van der Waals surface area contributed by atoms with E-state index in [1.807, 2.05) is 12.1 Å². The van der Waals surface area contributed by atoms with Crippen molar-refractivity contribution in [3.63, 3.8) is 0 Å². The smallest absolute Gasteiger partial charge is 0.244 e. The summed E-state index contributed by atoms with van der Waals surface area (Å²) in [5.41, 5.74) is 0.936. The van der Waals surface area contributed by atoms with Crippen molar-refractivity contribution in [2.45, 2.75) is 13.0 Å². The Bertz CT molecular complexity index is 443. The third kappa shape index (κ3) is 2.19. The zero-order chi connectivity index (χ0) is 11.5. The van der Waals surface area contributed by atoms with E-state index in [1.165, 1.54) is 6.08 Å². The van der Waals surface area contributed by atoms with Gasteiger partial charge in [-0.1, -0.05) is 17.7 Å². The highest BCUT2D eigenvalue weighted by atomic mass is 35.5. The first-order chi connectivity index (χ1) is 7.70. The number of amides is 1. The van der Waals surface area contributed by atoms with Gasteiger partial charge in [-0.25, -0.2) is 0 Å². The normalized spacial score (nSPS) is 18.2. The lowest BCUT2D eigenvalue weighted by Crippen LogP contribution is -2.27. The van der Waals surface area contributed by atoms with Gasteiger partial charge in [0.25, 0.3) is 0 Å². The van der Waals surface area contributed by atoms with Crippen molar-refractivity contribution in [3.8, 4) is 5.75 Å². The van der Waals surface area contributed by atoms with Gasteiger partial charge in [-0.3, -0.25) is 4.79 Å². The quantitative estimate of drug-likeness (QED) is 0.803. The third-order valence-corrected chi connectivity index (χ3v) is 2.62. The average Bonchev–Trinajstić information content (AvgIpc) is 2.61. The molecule has 0 spiro atoms. The number of fused-ring (bicyclic) bond motifs is 1. The van der Waals surface area contributed by atoms with Crippen LogP contribution < -0.4 is 10.1 Å². The summed E-state index contributed by atoms with van der Waals surface area (Å²) in [6.45, 7) is 2.26. The van der Waals surface area contributed by atoms with Crippen LogP contribution in [0.1, 0.15) is 18.5 Å². The molecule has 0 saturated heterocycles. The largest absolute Gasteiger partial charge is 0.491 e. The molecule has 0 radical (unpaired) electrons. The van der Waals surface area contributed by atoms with E-state index in [0.717, 1.165) is 11.3 Å². The zero-order valence-electron chi connectivity index (χ0n) is 8.87. The van der Waals surface area contributed by atoms with Crippen molar-refractivity contribution in [3.05, 3.63) is 40.9 Å². The molecule has 0 aliphatic carbocycles. The van der Waals surface area contributed by atoms with Crippen LogP contribution in [0.4, 0.5) is 0 Å². The maximum atomic E-state index is 11.4. The summed E-state index contributed by atoms with van der Waals surface area (Å²) in [7, 11) is 0. The van der Waals surface area contributed by atoms with Gasteiger partial charge >= 0.3 is 0 Å². The predicted octanol–water partition coefficient (Wildman–Crippen LogP) is 2.47. The van der Waals surface area contributed by atoms with Gasteiger partial charge in [0, 0.05) is 10.6 Å². The Hall–Kier alpha value is -1.48. The van der Waals surface area contributed by atoms with Gasteiger partial charge < -0.3 is 10.1 Å². The van der Waals surface area contributed by atoms with Gasteiger partial charge in [-0.05, 0) is 31.2 Å². The third-order valence-electron chi connectivity index (χ3n) is 2.39. The average molecular weight is 238 g/mol. The van der Waals surface area contributed by atoms with Crippen LogP contribution in [-0.2, 0) is 4.79 Å². The molecule has 1 atom stereocenters. The summed E-state index contributed by atoms with van der Waals surface area (Å²) in [6.07, 6.45) is 3.19. The van der Waals surface area contributed by atoms with Crippen LogP contribution in [0.15, 0.2) is 30.4 Å². The number of benzene rings is 1. The number of allylic oxidation sites excluding steroid dienone is 1. The summed E-state index contributed by atoms with van der Waals surface area (Å²) in [4.78, 5) is 11.4. The van der Waals surface area contributed by atoms with Crippen molar-refractivity contribution in [1.82, 2.24) is 5.32 Å². The van der Waals surface area contributed by atoms with Crippen LogP contribution in [0.5, 0.6) is 5.75 Å². The Balaban J connectivity index is 2.17. The van der Waals surface area contributed by atoms with Crippen LogP contribution in [0.25, 0.3) is 0 Å². The Morgan fingerprint density at radius 3 is 3.19 bits per heavy atom. The van der Waals surface area contributed by atoms with E-state index >= 15 is 0 Å². The first kappa shape index (κ1) is 11.0. The molecule has 1 N–H and O–H groups in total. The van der Waals surface area contributed by atoms with E-state index in [1.54, 1.807) is 19.1 Å². The highest BCUT2D eigenvalue weighted by molar-refractivity contribution is 6.30. The van der Waals surface area contributed by atoms with Gasteiger partial charge in [-0.15, -0.1) is 0 Å². The fourth-order valence-electron chi connectivity index (χ4n) is 1.68. The molecule has 1 aliphatic heterocycles. The molecule has 1 aromatic carbocycles. The molecule has 1 aromatic rings. The lowest BCUT2D eigenvalue weighted by Gasteiger charge is -2.09. The lowest BCUT2D eigenvalue weighted by atomic mass is 10.1. The maximum absolute atomic E-state index is 11.4. The second kappa shape index (κ2) is 4.58. The van der Waals surface area contributed by atoms with Crippen LogP contribution >= 0.6 is 11.6 Å². The number of hydrogen-bond acceptors (Lipinski definition) is 2. The minimum atomic E-state index is -0.121. The maximum Gasteiger partial charge on any atom is 0.244 e. The van der Waals surface area contributed by atoms with Gasteiger partial charge in [-0.2, -0.15) is 0 Å². The van der Waals surface area contributed by atoms with Gasteiger partial charge in [0.1, 0.15) is 12.4 Å². The number of carbonyl (C=O) groups excluding carboxylic acids is 1. The van der Waals surface area contributed by atoms with Crippen molar-refractivity contribution >= 4 is 17.5 Å². The summed E-state index contributed by atoms with van der Waals surface area (Å²) in [5, 5.41) is 3.50. The topological polar surface area (TPSA) is 38.3 Å². The van der Waals surface area contributed by atoms with Gasteiger partial charge in [0.15, 0.2) is 0 Å². The van der Waals surface area contributed by atoms with E-state index < -0.39 is 0 Å². The highest BCUT2D eigenvalue weighted by Gasteiger charge is 2.25. The molecule has 1 unspecified atom stereocenters. The van der Waals surface area contributed by atoms with Crippen LogP contribution in [0, 0.1) is 0 Å². The molecule has 0 saturated carbocycles. The molecule has 84 valence electrons. The summed E-state index contributed by atoms with van der Waals surface area (Å²) < 4.78 is 5.45. The summed E-state index contributed by atoms with van der Waals surface area (Å²) >= 11 is 5.90. The summed E-state index contributed by atoms with van der Waals surface area (Å²) in [5.74, 6) is 0.666. The molecule has 1 aliphatic rings. The molecule has 16 heavy (non-hydrogen) atoms. The number of nitrogens with one attached hydrogen (secondary N) is 1. The standard InChI is InChI=1S/C12H12ClNO2/c1-2-3-12(15)14-10-7-16-11-5-4-8(13)6-9(10)11/h2-6,10H,7H2,1H3,(H,14,15)/b3-2+. The second-order valence-corrected chi connectivity index (χ2v) is 3.99. The molecule has 1 heterocycles. The van der Waals surface area contributed by atoms with E-state index in [0.29, 0.717) is 11.6 Å². The molecular formula is C12H12ClNO2. The zero-order valence-corrected chi connectivity index (χ0v) is 9.62. The Labute approximate surface area is 99.1 Å². The number of halogens is 1. The molecule has 0 aromatic heterocycles. The number of hydrogen-bond donors (Lipinski definition) is 1. The molecule has 4 heteroatoms. The highest BCUT2D eigenvalue weighted by Crippen LogP contribution is 2.34. The minimum absolute atomic E-state index is 0.114. The molecule has 3 nitrogen and oxygen atoms in total. The monoisotopic (exact) mass is 237 g/mol. The van der Waals surface area contributed by atoms with Gasteiger partial charge in [0.05, 0.1) is 6.04 Å². The minimum Gasteiger partial charge on any atom is -0.491 e. The van der Waals surface area contributed by atoms with Crippen LogP contribution in [0.3, 0.4) is 0 Å². The first-order valence-corrected chi connectivity index (χ1v) is 5.44. The van der Waals surface area contributed by atoms with Crippen molar-refractivity contribution in [2.75, 3.05) is 6.61 Å². The van der Waals surface area contributed by atoms with E-state index in [9.17, 15) is 4.79 Å². The fraction of sp³-hybridized carbons (Fsp3) is 0.250. The van der Waals surface area contributed by atoms with E-state index in [2.05, 4.69) is 5.32 Å². The lowest BCUT2D eigenvalue weighted by molar-refractivity contribution is -0.117. The number of carbonyl (C=O) groups is 1. The predicted molar refractivity (Wildman–Crippen MR) is 62.6 cm³/mol. The number of ether oxygens (including phenoxy) is 1. The van der Waals surface area contributed by atoms with Crippen molar-refractivity contribution < 1.29 is 9.53 Å². The molecule has 1 amide bonds. The fourth-order valence-corrected chi connectivity index (χ4v) is 1.86. The van der Waals surface area contributed by atoms with Crippen LogP contribution in [0.2, 0.25) is 5.02 Å².